The summed E-state index contributed by atoms with van der Waals surface area (Å²) in [6, 6.07) is -2.39. The van der Waals surface area contributed by atoms with Crippen LogP contribution >= 0.6 is 0 Å². The number of carbonyl (C=O) groups is 6. The number of methoxy groups -OCH3 is 1. The molecular formula is C26H45N3O10. The first-order valence-corrected chi connectivity index (χ1v) is 12.7. The summed E-state index contributed by atoms with van der Waals surface area (Å²) in [7, 11) is 1.19. The molecule has 0 aliphatic heterocycles. The van der Waals surface area contributed by atoms with Crippen LogP contribution in [0.25, 0.3) is 0 Å². The van der Waals surface area contributed by atoms with Gasteiger partial charge in [0, 0.05) is 12.8 Å². The standard InChI is InChI=1S/C26H45N3O10/c1-24(2,3)37-20(32)15-27-21(33)16(12-14-19(31)36-10)28-18(30)13-11-17(22(34)38-25(4,5)6)29-23(35)39-26(7,8)9/h16-17H,11-15H2,1-10H3,(H,27,33)(H,28,30)(H,29,35)/t16-,17+/m1/s1. The number of ether oxygens (including phenoxy) is 4. The first kappa shape index (κ1) is 35.6. The molecule has 0 aromatic rings. The van der Waals surface area contributed by atoms with Crippen LogP contribution in [0.1, 0.15) is 88.0 Å². The van der Waals surface area contributed by atoms with Gasteiger partial charge in [0.05, 0.1) is 7.11 Å². The lowest BCUT2D eigenvalue weighted by molar-refractivity contribution is -0.158. The first-order valence-electron chi connectivity index (χ1n) is 12.7. The predicted octanol–water partition coefficient (Wildman–Crippen LogP) is 1.90. The smallest absolute Gasteiger partial charge is 0.408 e. The highest BCUT2D eigenvalue weighted by Crippen LogP contribution is 2.13. The third-order valence-electron chi connectivity index (χ3n) is 4.39. The van der Waals surface area contributed by atoms with Gasteiger partial charge >= 0.3 is 24.0 Å². The Morgan fingerprint density at radius 2 is 1.15 bits per heavy atom. The van der Waals surface area contributed by atoms with Crippen molar-refractivity contribution >= 4 is 35.8 Å². The molecule has 0 bridgehead atoms. The molecule has 2 atom stereocenters. The lowest BCUT2D eigenvalue weighted by Crippen LogP contribution is -2.49. The van der Waals surface area contributed by atoms with Gasteiger partial charge in [-0.05, 0) is 75.2 Å². The molecule has 0 aromatic heterocycles. The van der Waals surface area contributed by atoms with Gasteiger partial charge < -0.3 is 34.9 Å². The molecular weight excluding hydrogens is 514 g/mol. The number of alkyl carbamates (subject to hydrolysis) is 1. The van der Waals surface area contributed by atoms with Gasteiger partial charge in [0.15, 0.2) is 0 Å². The van der Waals surface area contributed by atoms with E-state index in [-0.39, 0.29) is 25.7 Å². The van der Waals surface area contributed by atoms with E-state index in [9.17, 15) is 28.8 Å². The van der Waals surface area contributed by atoms with Crippen LogP contribution in [0, 0.1) is 0 Å². The largest absolute Gasteiger partial charge is 0.469 e. The molecule has 3 N–H and O–H groups in total. The highest BCUT2D eigenvalue weighted by molar-refractivity contribution is 5.90. The van der Waals surface area contributed by atoms with Gasteiger partial charge in [-0.1, -0.05) is 0 Å². The van der Waals surface area contributed by atoms with E-state index in [0.717, 1.165) is 0 Å². The van der Waals surface area contributed by atoms with Crippen molar-refractivity contribution in [2.24, 2.45) is 0 Å². The van der Waals surface area contributed by atoms with E-state index in [2.05, 4.69) is 20.7 Å². The number of hydrogen-bond acceptors (Lipinski definition) is 10. The van der Waals surface area contributed by atoms with Gasteiger partial charge in [-0.2, -0.15) is 0 Å². The molecule has 0 heterocycles. The Hall–Kier alpha value is -3.38. The van der Waals surface area contributed by atoms with Gasteiger partial charge in [-0.25, -0.2) is 9.59 Å². The highest BCUT2D eigenvalue weighted by Gasteiger charge is 2.30. The van der Waals surface area contributed by atoms with E-state index >= 15 is 0 Å². The number of rotatable bonds is 12. The summed E-state index contributed by atoms with van der Waals surface area (Å²) < 4.78 is 20.3. The van der Waals surface area contributed by atoms with Crippen molar-refractivity contribution in [2.45, 2.75) is 117 Å². The second-order valence-corrected chi connectivity index (χ2v) is 11.8. The Morgan fingerprint density at radius 3 is 1.64 bits per heavy atom. The van der Waals surface area contributed by atoms with Crippen molar-refractivity contribution in [3.63, 3.8) is 0 Å². The summed E-state index contributed by atoms with van der Waals surface area (Å²) in [5, 5.41) is 7.30. The number of hydrogen-bond donors (Lipinski definition) is 3. The molecule has 0 spiro atoms. The van der Waals surface area contributed by atoms with E-state index in [1.807, 2.05) is 0 Å². The van der Waals surface area contributed by atoms with E-state index < -0.39 is 71.2 Å². The zero-order chi connectivity index (χ0) is 30.6. The molecule has 13 heteroatoms. The maximum absolute atomic E-state index is 12.7. The molecule has 0 fully saturated rings. The molecule has 224 valence electrons. The average molecular weight is 560 g/mol. The van der Waals surface area contributed by atoms with Crippen LogP contribution in [0.3, 0.4) is 0 Å². The summed E-state index contributed by atoms with van der Waals surface area (Å²) in [5.74, 6) is -3.40. The monoisotopic (exact) mass is 559 g/mol. The summed E-state index contributed by atoms with van der Waals surface area (Å²) in [4.78, 5) is 73.9. The molecule has 0 rings (SSSR count). The molecule has 0 saturated carbocycles. The summed E-state index contributed by atoms with van der Waals surface area (Å²) in [6.07, 6.45) is -1.60. The predicted molar refractivity (Wildman–Crippen MR) is 140 cm³/mol. The second kappa shape index (κ2) is 15.3. The Bertz CT molecular complexity index is 882. The number of esters is 3. The Balaban J connectivity index is 5.39. The van der Waals surface area contributed by atoms with Crippen LogP contribution in [-0.2, 0) is 42.9 Å². The molecule has 13 nitrogen and oxygen atoms in total. The zero-order valence-electron chi connectivity index (χ0n) is 24.8. The van der Waals surface area contributed by atoms with Crippen LogP contribution in [0.2, 0.25) is 0 Å². The normalized spacial score (nSPS) is 13.3. The van der Waals surface area contributed by atoms with Gasteiger partial charge in [-0.15, -0.1) is 0 Å². The summed E-state index contributed by atoms with van der Waals surface area (Å²) >= 11 is 0. The van der Waals surface area contributed by atoms with E-state index in [1.165, 1.54) is 7.11 Å². The molecule has 0 unspecified atom stereocenters. The molecule has 0 aliphatic rings. The van der Waals surface area contributed by atoms with Crippen LogP contribution in [0.15, 0.2) is 0 Å². The minimum Gasteiger partial charge on any atom is -0.469 e. The number of nitrogens with one attached hydrogen (secondary N) is 3. The molecule has 0 radical (unpaired) electrons. The topological polar surface area (TPSA) is 175 Å². The Kier molecular flexibility index (Phi) is 13.9. The fraction of sp³-hybridized carbons (Fsp3) is 0.769. The minimum absolute atomic E-state index is 0.107. The Morgan fingerprint density at radius 1 is 0.641 bits per heavy atom. The molecule has 0 saturated heterocycles. The lowest BCUT2D eigenvalue weighted by Gasteiger charge is -2.26. The van der Waals surface area contributed by atoms with Crippen molar-refractivity contribution in [2.75, 3.05) is 13.7 Å². The van der Waals surface area contributed by atoms with Crippen molar-refractivity contribution < 1.29 is 47.7 Å². The third-order valence-corrected chi connectivity index (χ3v) is 4.39. The maximum atomic E-state index is 12.7. The third kappa shape index (κ3) is 18.5. The maximum Gasteiger partial charge on any atom is 0.408 e. The quantitative estimate of drug-likeness (QED) is 0.236. The van der Waals surface area contributed by atoms with Crippen LogP contribution in [0.4, 0.5) is 4.79 Å². The van der Waals surface area contributed by atoms with Crippen molar-refractivity contribution in [3.05, 3.63) is 0 Å². The molecule has 0 aromatic carbocycles. The van der Waals surface area contributed by atoms with E-state index in [4.69, 9.17) is 14.2 Å². The molecule has 39 heavy (non-hydrogen) atoms. The summed E-state index contributed by atoms with van der Waals surface area (Å²) in [6.45, 7) is 14.5. The van der Waals surface area contributed by atoms with Gasteiger partial charge in [0.2, 0.25) is 11.8 Å². The number of amides is 3. The Labute approximate surface area is 230 Å². The zero-order valence-corrected chi connectivity index (χ0v) is 24.8. The fourth-order valence-corrected chi connectivity index (χ4v) is 2.91. The summed E-state index contributed by atoms with van der Waals surface area (Å²) in [5.41, 5.74) is -2.42. The van der Waals surface area contributed by atoms with E-state index in [0.29, 0.717) is 0 Å². The first-order chi connectivity index (χ1) is 17.6. The van der Waals surface area contributed by atoms with Gasteiger partial charge in [-0.3, -0.25) is 19.2 Å². The average Bonchev–Trinajstić information content (AvgIpc) is 2.73. The highest BCUT2D eigenvalue weighted by atomic mass is 16.6. The molecule has 3 amide bonds. The number of carbonyl (C=O) groups excluding carboxylic acids is 6. The van der Waals surface area contributed by atoms with Crippen molar-refractivity contribution in [3.8, 4) is 0 Å². The second-order valence-electron chi connectivity index (χ2n) is 11.8. The van der Waals surface area contributed by atoms with Crippen molar-refractivity contribution in [1.82, 2.24) is 16.0 Å². The van der Waals surface area contributed by atoms with Crippen LogP contribution < -0.4 is 16.0 Å². The van der Waals surface area contributed by atoms with Crippen LogP contribution in [0.5, 0.6) is 0 Å². The lowest BCUT2D eigenvalue weighted by atomic mass is 10.1. The minimum atomic E-state index is -1.21. The van der Waals surface area contributed by atoms with E-state index in [1.54, 1.807) is 62.3 Å². The van der Waals surface area contributed by atoms with Crippen LogP contribution in [-0.4, -0.2) is 78.4 Å². The van der Waals surface area contributed by atoms with Gasteiger partial charge in [0.1, 0.15) is 35.4 Å². The van der Waals surface area contributed by atoms with Crippen molar-refractivity contribution in [1.29, 1.82) is 0 Å². The SMILES string of the molecule is COC(=O)CC[C@@H](NC(=O)CC[C@H](NC(=O)OC(C)(C)C)C(=O)OC(C)(C)C)C(=O)NCC(=O)OC(C)(C)C. The fourth-order valence-electron chi connectivity index (χ4n) is 2.91. The molecule has 0 aliphatic carbocycles. The van der Waals surface area contributed by atoms with Gasteiger partial charge in [0.25, 0.3) is 0 Å².